The highest BCUT2D eigenvalue weighted by atomic mass is 19.1. The predicted molar refractivity (Wildman–Crippen MR) is 142 cm³/mol. The van der Waals surface area contributed by atoms with Crippen LogP contribution in [0.15, 0.2) is 116 Å². The lowest BCUT2D eigenvalue weighted by Gasteiger charge is -2.12. The maximum atomic E-state index is 15.3. The van der Waals surface area contributed by atoms with Gasteiger partial charge in [-0.2, -0.15) is 0 Å². The Bertz CT molecular complexity index is 1750. The number of halogens is 1. The first kappa shape index (κ1) is 21.1. The zero-order valence-electron chi connectivity index (χ0n) is 19.5. The molecular weight excluding hydrogens is 463 g/mol. The number of para-hydroxylation sites is 2. The second-order valence-corrected chi connectivity index (χ2v) is 8.63. The van der Waals surface area contributed by atoms with E-state index in [1.165, 1.54) is 12.1 Å². The fourth-order valence-electron chi connectivity index (χ4n) is 4.70. The lowest BCUT2D eigenvalue weighted by molar-refractivity contribution is 0.628. The second-order valence-electron chi connectivity index (χ2n) is 8.63. The van der Waals surface area contributed by atoms with Crippen LogP contribution < -0.4 is 0 Å². The molecule has 6 nitrogen and oxygen atoms in total. The van der Waals surface area contributed by atoms with E-state index in [1.807, 2.05) is 100 Å². The zero-order chi connectivity index (χ0) is 24.8. The van der Waals surface area contributed by atoms with Gasteiger partial charge in [-0.25, -0.2) is 24.3 Å². The Kier molecular flexibility index (Phi) is 4.85. The van der Waals surface area contributed by atoms with Crippen LogP contribution >= 0.6 is 0 Å². The molecule has 0 N–H and O–H groups in total. The van der Waals surface area contributed by atoms with E-state index in [0.717, 1.165) is 22.4 Å². The molecule has 4 heterocycles. The Labute approximate surface area is 211 Å². The molecule has 0 aliphatic carbocycles. The molecule has 7 aromatic rings. The van der Waals surface area contributed by atoms with Crippen molar-refractivity contribution in [3.63, 3.8) is 0 Å². The number of aromatic nitrogens is 6. The third kappa shape index (κ3) is 3.56. The molecule has 0 aliphatic heterocycles. The summed E-state index contributed by atoms with van der Waals surface area (Å²) in [6, 6.07) is 32.1. The fraction of sp³-hybridized carbons (Fsp3) is 0. The van der Waals surface area contributed by atoms with Crippen LogP contribution in [0.25, 0.3) is 56.5 Å². The predicted octanol–water partition coefficient (Wildman–Crippen LogP) is 6.63. The molecule has 176 valence electrons. The molecule has 0 unspecified atom stereocenters. The van der Waals surface area contributed by atoms with Crippen molar-refractivity contribution in [1.29, 1.82) is 0 Å². The number of pyridine rings is 2. The van der Waals surface area contributed by atoms with E-state index in [9.17, 15) is 0 Å². The van der Waals surface area contributed by atoms with E-state index in [0.29, 0.717) is 34.1 Å². The van der Waals surface area contributed by atoms with Gasteiger partial charge in [0.25, 0.3) is 0 Å². The quantitative estimate of drug-likeness (QED) is 0.283. The monoisotopic (exact) mass is 482 g/mol. The van der Waals surface area contributed by atoms with Gasteiger partial charge >= 0.3 is 0 Å². The van der Waals surface area contributed by atoms with E-state index in [1.54, 1.807) is 12.4 Å². The van der Waals surface area contributed by atoms with Crippen LogP contribution in [0.4, 0.5) is 4.39 Å². The van der Waals surface area contributed by atoms with Crippen molar-refractivity contribution < 1.29 is 4.39 Å². The summed E-state index contributed by atoms with van der Waals surface area (Å²) in [5, 5.41) is 0. The van der Waals surface area contributed by atoms with Crippen LogP contribution in [0, 0.1) is 5.82 Å². The smallest absolute Gasteiger partial charge is 0.164 e. The Hall–Kier alpha value is -5.17. The summed E-state index contributed by atoms with van der Waals surface area (Å²) in [7, 11) is 0. The maximum Gasteiger partial charge on any atom is 0.164 e. The highest BCUT2D eigenvalue weighted by molar-refractivity contribution is 5.83. The summed E-state index contributed by atoms with van der Waals surface area (Å²) < 4.78 is 19.2. The molecule has 0 amide bonds. The normalized spacial score (nSPS) is 11.4. The average Bonchev–Trinajstić information content (AvgIpc) is 3.53. The minimum Gasteiger partial charge on any atom is -0.277 e. The van der Waals surface area contributed by atoms with Gasteiger partial charge in [-0.05, 0) is 66.7 Å². The molecule has 3 aromatic carbocycles. The molecule has 0 bridgehead atoms. The molecule has 0 radical (unpaired) electrons. The number of imidazole rings is 2. The van der Waals surface area contributed by atoms with Gasteiger partial charge in [0.05, 0.1) is 0 Å². The number of nitrogens with zero attached hydrogens (tertiary/aromatic N) is 6. The van der Waals surface area contributed by atoms with Gasteiger partial charge in [0.1, 0.15) is 28.5 Å². The maximum absolute atomic E-state index is 15.3. The topological polar surface area (TPSA) is 61.4 Å². The number of benzene rings is 3. The first-order valence-corrected chi connectivity index (χ1v) is 11.9. The van der Waals surface area contributed by atoms with Crippen molar-refractivity contribution in [3.05, 3.63) is 121 Å². The van der Waals surface area contributed by atoms with Crippen LogP contribution in [0.2, 0.25) is 0 Å². The average molecular weight is 483 g/mol. The molecule has 7 rings (SSSR count). The second kappa shape index (κ2) is 8.49. The summed E-state index contributed by atoms with van der Waals surface area (Å²) >= 11 is 0. The minimum atomic E-state index is -0.383. The zero-order valence-corrected chi connectivity index (χ0v) is 19.5. The number of hydrogen-bond acceptors (Lipinski definition) is 4. The largest absolute Gasteiger partial charge is 0.277 e. The Morgan fingerprint density at radius 1 is 0.514 bits per heavy atom. The molecular formula is C30H19FN6. The van der Waals surface area contributed by atoms with E-state index in [-0.39, 0.29) is 5.82 Å². The van der Waals surface area contributed by atoms with Crippen LogP contribution in [0.1, 0.15) is 0 Å². The van der Waals surface area contributed by atoms with Crippen molar-refractivity contribution in [2.24, 2.45) is 0 Å². The van der Waals surface area contributed by atoms with Crippen LogP contribution in [-0.2, 0) is 0 Å². The summed E-state index contributed by atoms with van der Waals surface area (Å²) in [6.07, 6.45) is 3.47. The molecule has 7 heteroatoms. The third-order valence-electron chi connectivity index (χ3n) is 6.28. The summed E-state index contributed by atoms with van der Waals surface area (Å²) in [6.45, 7) is 0. The molecule has 0 spiro atoms. The molecule has 0 fully saturated rings. The fourth-order valence-corrected chi connectivity index (χ4v) is 4.70. The Balaban J connectivity index is 1.49. The third-order valence-corrected chi connectivity index (χ3v) is 6.28. The summed E-state index contributed by atoms with van der Waals surface area (Å²) in [5.41, 5.74) is 5.90. The van der Waals surface area contributed by atoms with Crippen molar-refractivity contribution in [1.82, 2.24) is 29.1 Å². The Morgan fingerprint density at radius 3 is 1.43 bits per heavy atom. The van der Waals surface area contributed by atoms with E-state index in [2.05, 4.69) is 9.97 Å². The highest BCUT2D eigenvalue weighted by Gasteiger charge is 2.20. The van der Waals surface area contributed by atoms with Crippen molar-refractivity contribution in [2.45, 2.75) is 0 Å². The number of fused-ring (bicyclic) bond motifs is 2. The molecule has 4 aromatic heterocycles. The van der Waals surface area contributed by atoms with Gasteiger partial charge in [0.2, 0.25) is 0 Å². The van der Waals surface area contributed by atoms with Gasteiger partial charge in [-0.15, -0.1) is 0 Å². The van der Waals surface area contributed by atoms with Gasteiger partial charge in [0.15, 0.2) is 11.3 Å². The van der Waals surface area contributed by atoms with Gasteiger partial charge in [-0.3, -0.25) is 9.13 Å². The van der Waals surface area contributed by atoms with E-state index in [4.69, 9.17) is 9.97 Å². The van der Waals surface area contributed by atoms with Gasteiger partial charge in [-0.1, -0.05) is 36.4 Å². The lowest BCUT2D eigenvalue weighted by Crippen LogP contribution is -2.01. The first-order chi connectivity index (χ1) is 18.3. The van der Waals surface area contributed by atoms with E-state index >= 15 is 4.39 Å². The van der Waals surface area contributed by atoms with E-state index < -0.39 is 0 Å². The number of rotatable bonds is 4. The molecule has 0 saturated carbocycles. The first-order valence-electron chi connectivity index (χ1n) is 11.9. The minimum absolute atomic E-state index is 0.383. The van der Waals surface area contributed by atoms with Gasteiger partial charge in [0, 0.05) is 34.9 Å². The number of hydrogen-bond donors (Lipinski definition) is 0. The summed E-state index contributed by atoms with van der Waals surface area (Å²) in [5.74, 6) is 0.814. The lowest BCUT2D eigenvalue weighted by atomic mass is 10.1. The molecule has 0 atom stereocenters. The van der Waals surface area contributed by atoms with Crippen LogP contribution in [0.3, 0.4) is 0 Å². The highest BCUT2D eigenvalue weighted by Crippen LogP contribution is 2.33. The molecule has 0 saturated heterocycles. The SMILES string of the molecule is Fc1cc(-c2nc3cccnc3n2-c2ccccc2)cc(-c2nc3cccnc3n2-c2ccccc2)c1. The van der Waals surface area contributed by atoms with Crippen molar-refractivity contribution >= 4 is 22.3 Å². The molecule has 37 heavy (non-hydrogen) atoms. The van der Waals surface area contributed by atoms with Gasteiger partial charge < -0.3 is 0 Å². The van der Waals surface area contributed by atoms with Crippen LogP contribution in [0.5, 0.6) is 0 Å². The van der Waals surface area contributed by atoms with Crippen LogP contribution in [-0.4, -0.2) is 29.1 Å². The Morgan fingerprint density at radius 2 is 0.973 bits per heavy atom. The summed E-state index contributed by atoms with van der Waals surface area (Å²) in [4.78, 5) is 18.8. The molecule has 0 aliphatic rings. The standard InChI is InChI=1S/C30H19FN6/c31-22-18-20(27-34-25-13-7-15-32-29(25)36(27)23-9-3-1-4-10-23)17-21(19-22)28-35-26-14-8-16-33-30(26)37(28)24-11-5-2-6-12-24/h1-19H. The van der Waals surface area contributed by atoms with Crippen molar-refractivity contribution in [3.8, 4) is 34.2 Å². The van der Waals surface area contributed by atoms with Crippen molar-refractivity contribution in [2.75, 3.05) is 0 Å².